The Morgan fingerprint density at radius 1 is 1.00 bits per heavy atom. The third-order valence-electron chi connectivity index (χ3n) is 2.77. The van der Waals surface area contributed by atoms with E-state index in [-0.39, 0.29) is 4.90 Å². The van der Waals surface area contributed by atoms with E-state index in [0.717, 1.165) is 12.8 Å². The van der Waals surface area contributed by atoms with Gasteiger partial charge in [-0.15, -0.1) is 0 Å². The van der Waals surface area contributed by atoms with Crippen molar-refractivity contribution in [3.63, 3.8) is 0 Å². The van der Waals surface area contributed by atoms with Crippen molar-refractivity contribution in [2.45, 2.75) is 50.3 Å². The highest BCUT2D eigenvalue weighted by molar-refractivity contribution is 8.13. The molecule has 0 aliphatic carbocycles. The molecule has 1 rings (SSSR count). The SMILES string of the molecule is CCCCCCCc1ccc(S(=O)(=O)Cl)cc1. The van der Waals surface area contributed by atoms with Gasteiger partial charge in [0, 0.05) is 10.7 Å². The van der Waals surface area contributed by atoms with Crippen LogP contribution in [-0.4, -0.2) is 8.42 Å². The van der Waals surface area contributed by atoms with E-state index < -0.39 is 9.05 Å². The van der Waals surface area contributed by atoms with Crippen LogP contribution in [0, 0.1) is 0 Å². The summed E-state index contributed by atoms with van der Waals surface area (Å²) in [5.74, 6) is 0. The third kappa shape index (κ3) is 5.55. The number of hydrogen-bond donors (Lipinski definition) is 0. The molecule has 96 valence electrons. The standard InChI is InChI=1S/C13H19ClO2S/c1-2-3-4-5-6-7-12-8-10-13(11-9-12)17(14,15)16/h8-11H,2-7H2,1H3. The maximum Gasteiger partial charge on any atom is 0.261 e. The fourth-order valence-corrected chi connectivity index (χ4v) is 2.52. The van der Waals surface area contributed by atoms with Crippen LogP contribution in [0.2, 0.25) is 0 Å². The summed E-state index contributed by atoms with van der Waals surface area (Å²) < 4.78 is 22.1. The molecule has 0 aliphatic rings. The fraction of sp³-hybridized carbons (Fsp3) is 0.538. The Bertz CT molecular complexity index is 423. The molecule has 0 fully saturated rings. The quantitative estimate of drug-likeness (QED) is 0.553. The van der Waals surface area contributed by atoms with Gasteiger partial charge in [0.05, 0.1) is 4.90 Å². The molecule has 0 amide bonds. The Hall–Kier alpha value is -0.540. The second-order valence-electron chi connectivity index (χ2n) is 4.25. The van der Waals surface area contributed by atoms with E-state index in [0.29, 0.717) is 0 Å². The number of unbranched alkanes of at least 4 members (excludes halogenated alkanes) is 4. The van der Waals surface area contributed by atoms with Crippen LogP contribution in [0.5, 0.6) is 0 Å². The third-order valence-corrected chi connectivity index (χ3v) is 4.14. The molecule has 0 atom stereocenters. The van der Waals surface area contributed by atoms with E-state index in [1.165, 1.54) is 31.2 Å². The summed E-state index contributed by atoms with van der Waals surface area (Å²) in [4.78, 5) is 0.175. The second kappa shape index (κ2) is 7.02. The van der Waals surface area contributed by atoms with Crippen molar-refractivity contribution in [1.82, 2.24) is 0 Å². The average molecular weight is 275 g/mol. The molecular weight excluding hydrogens is 256 g/mol. The van der Waals surface area contributed by atoms with E-state index in [1.807, 2.05) is 12.1 Å². The molecule has 0 saturated heterocycles. The van der Waals surface area contributed by atoms with Gasteiger partial charge in [-0.1, -0.05) is 44.7 Å². The van der Waals surface area contributed by atoms with Crippen LogP contribution in [0.4, 0.5) is 0 Å². The molecule has 4 heteroatoms. The van der Waals surface area contributed by atoms with Gasteiger partial charge >= 0.3 is 0 Å². The van der Waals surface area contributed by atoms with E-state index in [1.54, 1.807) is 12.1 Å². The zero-order chi connectivity index (χ0) is 12.7. The maximum atomic E-state index is 11.0. The number of rotatable bonds is 7. The van der Waals surface area contributed by atoms with Crippen molar-refractivity contribution in [3.05, 3.63) is 29.8 Å². The molecule has 0 N–H and O–H groups in total. The zero-order valence-corrected chi connectivity index (χ0v) is 11.7. The molecule has 0 aromatic heterocycles. The van der Waals surface area contributed by atoms with Crippen molar-refractivity contribution in [2.75, 3.05) is 0 Å². The molecule has 0 bridgehead atoms. The Kier molecular flexibility index (Phi) is 6.00. The highest BCUT2D eigenvalue weighted by atomic mass is 35.7. The lowest BCUT2D eigenvalue weighted by atomic mass is 10.1. The molecule has 0 aliphatic heterocycles. The second-order valence-corrected chi connectivity index (χ2v) is 6.81. The molecule has 2 nitrogen and oxygen atoms in total. The van der Waals surface area contributed by atoms with Gasteiger partial charge in [0.1, 0.15) is 0 Å². The largest absolute Gasteiger partial charge is 0.261 e. The van der Waals surface area contributed by atoms with Crippen molar-refractivity contribution < 1.29 is 8.42 Å². The molecule has 1 aromatic rings. The van der Waals surface area contributed by atoms with Gasteiger partial charge in [-0.25, -0.2) is 8.42 Å². The molecule has 0 spiro atoms. The van der Waals surface area contributed by atoms with Crippen LogP contribution in [0.25, 0.3) is 0 Å². The molecule has 1 aromatic carbocycles. The fourth-order valence-electron chi connectivity index (χ4n) is 1.75. The van der Waals surface area contributed by atoms with Crippen LogP contribution in [0.3, 0.4) is 0 Å². The number of hydrogen-bond acceptors (Lipinski definition) is 2. The minimum absolute atomic E-state index is 0.175. The first-order valence-electron chi connectivity index (χ1n) is 6.07. The smallest absolute Gasteiger partial charge is 0.207 e. The average Bonchev–Trinajstić information content (AvgIpc) is 2.28. The maximum absolute atomic E-state index is 11.0. The molecule has 0 unspecified atom stereocenters. The Morgan fingerprint density at radius 3 is 2.12 bits per heavy atom. The molecule has 0 radical (unpaired) electrons. The van der Waals surface area contributed by atoms with Crippen molar-refractivity contribution in [2.24, 2.45) is 0 Å². The summed E-state index contributed by atoms with van der Waals surface area (Å²) in [5.41, 5.74) is 1.17. The number of aryl methyl sites for hydroxylation is 1. The minimum Gasteiger partial charge on any atom is -0.207 e. The lowest BCUT2D eigenvalue weighted by molar-refractivity contribution is 0.609. The minimum atomic E-state index is -3.58. The van der Waals surface area contributed by atoms with Gasteiger partial charge in [0.25, 0.3) is 9.05 Å². The van der Waals surface area contributed by atoms with E-state index in [2.05, 4.69) is 6.92 Å². The number of halogens is 1. The van der Waals surface area contributed by atoms with Crippen LogP contribution in [0.1, 0.15) is 44.6 Å². The van der Waals surface area contributed by atoms with Crippen LogP contribution in [0.15, 0.2) is 29.2 Å². The van der Waals surface area contributed by atoms with Gasteiger partial charge < -0.3 is 0 Å². The zero-order valence-electron chi connectivity index (χ0n) is 10.2. The lowest BCUT2D eigenvalue weighted by Gasteiger charge is -2.02. The summed E-state index contributed by atoms with van der Waals surface area (Å²) >= 11 is 0. The molecule has 0 saturated carbocycles. The van der Waals surface area contributed by atoms with Crippen LogP contribution >= 0.6 is 10.7 Å². The monoisotopic (exact) mass is 274 g/mol. The highest BCUT2D eigenvalue weighted by Gasteiger charge is 2.08. The summed E-state index contributed by atoms with van der Waals surface area (Å²) in [6.45, 7) is 2.20. The van der Waals surface area contributed by atoms with E-state index in [9.17, 15) is 8.42 Å². The first-order valence-corrected chi connectivity index (χ1v) is 8.38. The highest BCUT2D eigenvalue weighted by Crippen LogP contribution is 2.16. The summed E-state index contributed by atoms with van der Waals surface area (Å²) in [7, 11) is 1.66. The summed E-state index contributed by atoms with van der Waals surface area (Å²) in [6, 6.07) is 6.83. The topological polar surface area (TPSA) is 34.1 Å². The van der Waals surface area contributed by atoms with Gasteiger partial charge in [0.2, 0.25) is 0 Å². The Labute approximate surface area is 108 Å². The number of benzene rings is 1. The summed E-state index contributed by atoms with van der Waals surface area (Å²) in [5, 5.41) is 0. The molecule has 0 heterocycles. The van der Waals surface area contributed by atoms with Crippen molar-refractivity contribution in [3.8, 4) is 0 Å². The lowest BCUT2D eigenvalue weighted by Crippen LogP contribution is -1.92. The van der Waals surface area contributed by atoms with Crippen LogP contribution < -0.4 is 0 Å². The summed E-state index contributed by atoms with van der Waals surface area (Å²) in [6.07, 6.45) is 7.24. The van der Waals surface area contributed by atoms with Crippen molar-refractivity contribution in [1.29, 1.82) is 0 Å². The van der Waals surface area contributed by atoms with Gasteiger partial charge in [0.15, 0.2) is 0 Å². The first kappa shape index (κ1) is 14.5. The van der Waals surface area contributed by atoms with Gasteiger partial charge in [-0.05, 0) is 30.5 Å². The molecule has 17 heavy (non-hydrogen) atoms. The van der Waals surface area contributed by atoms with Crippen LogP contribution in [-0.2, 0) is 15.5 Å². The van der Waals surface area contributed by atoms with Gasteiger partial charge in [-0.3, -0.25) is 0 Å². The van der Waals surface area contributed by atoms with Crippen molar-refractivity contribution >= 4 is 19.7 Å². The Balaban J connectivity index is 2.41. The molecular formula is C13H19ClO2S. The van der Waals surface area contributed by atoms with E-state index in [4.69, 9.17) is 10.7 Å². The Morgan fingerprint density at radius 2 is 1.59 bits per heavy atom. The van der Waals surface area contributed by atoms with Gasteiger partial charge in [-0.2, -0.15) is 0 Å². The predicted molar refractivity (Wildman–Crippen MR) is 71.9 cm³/mol. The first-order chi connectivity index (χ1) is 8.04. The van der Waals surface area contributed by atoms with E-state index >= 15 is 0 Å². The predicted octanol–water partition coefficient (Wildman–Crippen LogP) is 4.13. The normalized spacial score (nSPS) is 11.6.